The zero-order valence-corrected chi connectivity index (χ0v) is 15.0. The zero-order chi connectivity index (χ0) is 17.6. The van der Waals surface area contributed by atoms with Crippen LogP contribution in [0.1, 0.15) is 30.5 Å². The molecule has 0 bridgehead atoms. The lowest BCUT2D eigenvalue weighted by Gasteiger charge is -2.11. The molecule has 2 heterocycles. The van der Waals surface area contributed by atoms with Crippen molar-refractivity contribution in [2.75, 3.05) is 5.32 Å². The molecule has 2 aromatic heterocycles. The highest BCUT2D eigenvalue weighted by Crippen LogP contribution is 2.23. The molecule has 0 aliphatic heterocycles. The second-order valence-electron chi connectivity index (χ2n) is 6.11. The van der Waals surface area contributed by atoms with E-state index in [1.54, 1.807) is 6.20 Å². The molecule has 3 rings (SSSR count). The number of pyridine rings is 2. The van der Waals surface area contributed by atoms with Crippen LogP contribution < -0.4 is 5.32 Å². The minimum absolute atomic E-state index is 0.876. The maximum absolute atomic E-state index is 4.58. The van der Waals surface area contributed by atoms with Crippen molar-refractivity contribution in [2.24, 2.45) is 0 Å². The zero-order valence-electron chi connectivity index (χ0n) is 15.0. The second kappa shape index (κ2) is 7.75. The lowest BCUT2D eigenvalue weighted by Crippen LogP contribution is -1.98. The molecule has 0 atom stereocenters. The van der Waals surface area contributed by atoms with E-state index in [2.05, 4.69) is 66.4 Å². The highest BCUT2D eigenvalue weighted by molar-refractivity contribution is 5.70. The van der Waals surface area contributed by atoms with E-state index < -0.39 is 0 Å². The molecule has 126 valence electrons. The molecule has 0 aliphatic rings. The number of hydrogen-bond acceptors (Lipinski definition) is 3. The highest BCUT2D eigenvalue weighted by Gasteiger charge is 2.05. The van der Waals surface area contributed by atoms with Crippen LogP contribution >= 0.6 is 0 Å². The van der Waals surface area contributed by atoms with E-state index >= 15 is 0 Å². The monoisotopic (exact) mass is 329 g/mol. The molecule has 25 heavy (non-hydrogen) atoms. The van der Waals surface area contributed by atoms with Crippen molar-refractivity contribution in [1.29, 1.82) is 0 Å². The summed E-state index contributed by atoms with van der Waals surface area (Å²) in [5.41, 5.74) is 7.10. The average Bonchev–Trinajstić information content (AvgIpc) is 2.67. The number of benzene rings is 1. The van der Waals surface area contributed by atoms with Gasteiger partial charge in [-0.1, -0.05) is 37.3 Å². The number of rotatable bonds is 5. The molecule has 0 saturated carbocycles. The van der Waals surface area contributed by atoms with Crippen LogP contribution in [0.4, 0.5) is 5.82 Å². The topological polar surface area (TPSA) is 37.8 Å². The van der Waals surface area contributed by atoms with Crippen LogP contribution in [0.2, 0.25) is 0 Å². The van der Waals surface area contributed by atoms with Gasteiger partial charge in [-0.05, 0) is 54.7 Å². The first kappa shape index (κ1) is 16.9. The normalized spacial score (nSPS) is 11.4. The van der Waals surface area contributed by atoms with Crippen LogP contribution in [0, 0.1) is 6.92 Å². The maximum atomic E-state index is 4.58. The third-order valence-corrected chi connectivity index (χ3v) is 4.32. The molecule has 1 N–H and O–H groups in total. The lowest BCUT2D eigenvalue weighted by molar-refractivity contribution is 1.13. The third-order valence-electron chi connectivity index (χ3n) is 4.32. The molecule has 0 aliphatic carbocycles. The van der Waals surface area contributed by atoms with Gasteiger partial charge in [-0.25, -0.2) is 4.98 Å². The van der Waals surface area contributed by atoms with Gasteiger partial charge in [-0.15, -0.1) is 0 Å². The van der Waals surface area contributed by atoms with Gasteiger partial charge in [0.25, 0.3) is 0 Å². The second-order valence-corrected chi connectivity index (χ2v) is 6.11. The van der Waals surface area contributed by atoms with Crippen molar-refractivity contribution in [3.63, 3.8) is 0 Å². The summed E-state index contributed by atoms with van der Waals surface area (Å²) in [7, 11) is 0. The summed E-state index contributed by atoms with van der Waals surface area (Å²) in [4.78, 5) is 8.75. The first-order chi connectivity index (χ1) is 12.2. The lowest BCUT2D eigenvalue weighted by atomic mass is 10.00. The van der Waals surface area contributed by atoms with E-state index in [1.165, 1.54) is 16.7 Å². The minimum atomic E-state index is 0.876. The molecule has 0 radical (unpaired) electrons. The summed E-state index contributed by atoms with van der Waals surface area (Å²) in [5, 5.41) is 3.35. The predicted molar refractivity (Wildman–Crippen MR) is 105 cm³/mol. The van der Waals surface area contributed by atoms with Crippen molar-refractivity contribution in [2.45, 2.75) is 27.2 Å². The van der Waals surface area contributed by atoms with Crippen molar-refractivity contribution in [1.82, 2.24) is 9.97 Å². The largest absolute Gasteiger partial charge is 0.346 e. The summed E-state index contributed by atoms with van der Waals surface area (Å²) in [6.07, 6.45) is 8.58. The van der Waals surface area contributed by atoms with E-state index in [9.17, 15) is 0 Å². The minimum Gasteiger partial charge on any atom is -0.346 e. The molecule has 3 heteroatoms. The quantitative estimate of drug-likeness (QED) is 0.673. The predicted octanol–water partition coefficient (Wildman–Crippen LogP) is 5.49. The molecule has 0 unspecified atom stereocenters. The van der Waals surface area contributed by atoms with Crippen LogP contribution in [0.15, 0.2) is 67.3 Å². The fraction of sp³-hybridized carbons (Fsp3) is 0.182. The Morgan fingerprint density at radius 2 is 1.92 bits per heavy atom. The number of aromatic nitrogens is 2. The number of hydrogen-bond donors (Lipinski definition) is 1. The number of anilines is 1. The van der Waals surface area contributed by atoms with E-state index in [0.29, 0.717) is 0 Å². The van der Waals surface area contributed by atoms with Gasteiger partial charge < -0.3 is 5.32 Å². The molecule has 0 amide bonds. The molecule has 0 saturated heterocycles. The average molecular weight is 329 g/mol. The van der Waals surface area contributed by atoms with Gasteiger partial charge >= 0.3 is 0 Å². The van der Waals surface area contributed by atoms with Gasteiger partial charge in [0, 0.05) is 35.9 Å². The molecule has 0 spiro atoms. The first-order valence-corrected chi connectivity index (χ1v) is 8.57. The summed E-state index contributed by atoms with van der Waals surface area (Å²) >= 11 is 0. The Labute approximate surface area is 149 Å². The number of allylic oxidation sites excluding steroid dienone is 1. The summed E-state index contributed by atoms with van der Waals surface area (Å²) in [6.45, 7) is 6.38. The van der Waals surface area contributed by atoms with Gasteiger partial charge in [-0.2, -0.15) is 0 Å². The standard InChI is InChI=1S/C22H23N3/c1-4-18-8-5-6-10-21(18)17(3)13-24-22-16(2)12-20(15-25-22)19-9-7-11-23-14-19/h5-15H,4H2,1-3H3,(H,24,25)/b17-13+. The van der Waals surface area contributed by atoms with Crippen LogP contribution in [-0.2, 0) is 6.42 Å². The van der Waals surface area contributed by atoms with Gasteiger partial charge in [0.15, 0.2) is 0 Å². The summed E-state index contributed by atoms with van der Waals surface area (Å²) in [6, 6.07) is 14.6. The Balaban J connectivity index is 1.81. The summed E-state index contributed by atoms with van der Waals surface area (Å²) < 4.78 is 0. The first-order valence-electron chi connectivity index (χ1n) is 8.57. The van der Waals surface area contributed by atoms with Crippen LogP contribution in [0.5, 0.6) is 0 Å². The highest BCUT2D eigenvalue weighted by atomic mass is 15.0. The van der Waals surface area contributed by atoms with Crippen molar-refractivity contribution in [3.05, 3.63) is 83.9 Å². The van der Waals surface area contributed by atoms with Crippen LogP contribution in [0.3, 0.4) is 0 Å². The Morgan fingerprint density at radius 1 is 1.08 bits per heavy atom. The molecular weight excluding hydrogens is 306 g/mol. The smallest absolute Gasteiger partial charge is 0.132 e. The van der Waals surface area contributed by atoms with Crippen molar-refractivity contribution >= 4 is 11.4 Å². The maximum Gasteiger partial charge on any atom is 0.132 e. The van der Waals surface area contributed by atoms with E-state index in [4.69, 9.17) is 0 Å². The summed E-state index contributed by atoms with van der Waals surface area (Å²) in [5.74, 6) is 0.876. The molecule has 1 aromatic carbocycles. The fourth-order valence-electron chi connectivity index (χ4n) is 2.88. The Bertz CT molecular complexity index is 883. The number of nitrogens with zero attached hydrogens (tertiary/aromatic N) is 2. The van der Waals surface area contributed by atoms with Gasteiger partial charge in [-0.3, -0.25) is 4.98 Å². The van der Waals surface area contributed by atoms with Crippen LogP contribution in [0.25, 0.3) is 16.7 Å². The van der Waals surface area contributed by atoms with Gasteiger partial charge in [0.05, 0.1) is 0 Å². The van der Waals surface area contributed by atoms with E-state index in [1.807, 2.05) is 30.7 Å². The number of aryl methyl sites for hydroxylation is 2. The van der Waals surface area contributed by atoms with Crippen LogP contribution in [-0.4, -0.2) is 9.97 Å². The Hall–Kier alpha value is -2.94. The number of nitrogens with one attached hydrogen (secondary N) is 1. The Morgan fingerprint density at radius 3 is 2.64 bits per heavy atom. The molecular formula is C22H23N3. The molecule has 3 nitrogen and oxygen atoms in total. The van der Waals surface area contributed by atoms with Crippen molar-refractivity contribution < 1.29 is 0 Å². The fourth-order valence-corrected chi connectivity index (χ4v) is 2.88. The van der Waals surface area contributed by atoms with Crippen molar-refractivity contribution in [3.8, 4) is 11.1 Å². The SMILES string of the molecule is CCc1ccccc1/C(C)=C/Nc1ncc(-c2cccnc2)cc1C. The van der Waals surface area contributed by atoms with E-state index in [0.717, 1.165) is 28.9 Å². The molecule has 3 aromatic rings. The van der Waals surface area contributed by atoms with Gasteiger partial charge in [0.2, 0.25) is 0 Å². The third kappa shape index (κ3) is 3.94. The van der Waals surface area contributed by atoms with E-state index in [-0.39, 0.29) is 0 Å². The molecule has 0 fully saturated rings. The van der Waals surface area contributed by atoms with Gasteiger partial charge in [0.1, 0.15) is 5.82 Å². The Kier molecular flexibility index (Phi) is 5.24.